The van der Waals surface area contributed by atoms with Crippen molar-refractivity contribution in [2.24, 2.45) is 11.3 Å². The van der Waals surface area contributed by atoms with Crippen molar-refractivity contribution in [1.29, 1.82) is 0 Å². The van der Waals surface area contributed by atoms with Gasteiger partial charge in [0.25, 0.3) is 0 Å². The number of nitrogens with zero attached hydrogens (tertiary/aromatic N) is 1. The minimum Gasteiger partial charge on any atom is -0.444 e. The third kappa shape index (κ3) is 4.12. The normalized spacial score (nSPS) is 37.6. The van der Waals surface area contributed by atoms with Gasteiger partial charge in [0.15, 0.2) is 0 Å². The van der Waals surface area contributed by atoms with E-state index in [-0.39, 0.29) is 11.5 Å². The van der Waals surface area contributed by atoms with Gasteiger partial charge in [-0.2, -0.15) is 0 Å². The van der Waals surface area contributed by atoms with Crippen molar-refractivity contribution < 1.29 is 14.6 Å². The molecular formula is C17H31NO3. The number of ether oxygens (including phenoxy) is 1. The van der Waals surface area contributed by atoms with Crippen LogP contribution in [0.3, 0.4) is 0 Å². The van der Waals surface area contributed by atoms with Crippen LogP contribution in [0.15, 0.2) is 0 Å². The first-order valence-corrected chi connectivity index (χ1v) is 8.21. The Kier molecular flexibility index (Phi) is 4.31. The van der Waals surface area contributed by atoms with Crippen LogP contribution in [0.5, 0.6) is 0 Å². The maximum absolute atomic E-state index is 12.2. The van der Waals surface area contributed by atoms with Crippen LogP contribution in [0.4, 0.5) is 4.79 Å². The molecule has 21 heavy (non-hydrogen) atoms. The number of hydrogen-bond donors (Lipinski definition) is 1. The fourth-order valence-electron chi connectivity index (χ4n) is 3.59. The molecule has 122 valence electrons. The highest BCUT2D eigenvalue weighted by Crippen LogP contribution is 2.48. The Bertz CT molecular complexity index is 387. The number of amides is 1. The van der Waals surface area contributed by atoms with Crippen LogP contribution in [0.2, 0.25) is 0 Å². The van der Waals surface area contributed by atoms with Gasteiger partial charge < -0.3 is 14.7 Å². The lowest BCUT2D eigenvalue weighted by Crippen LogP contribution is -2.41. The van der Waals surface area contributed by atoms with Gasteiger partial charge in [0, 0.05) is 13.1 Å². The summed E-state index contributed by atoms with van der Waals surface area (Å²) in [6.07, 6.45) is 4.70. The molecule has 2 rings (SSSR count). The second kappa shape index (κ2) is 5.45. The molecule has 0 bridgehead atoms. The van der Waals surface area contributed by atoms with Crippen LogP contribution in [-0.4, -0.2) is 40.4 Å². The first kappa shape index (κ1) is 16.6. The van der Waals surface area contributed by atoms with Gasteiger partial charge in [0.2, 0.25) is 0 Å². The van der Waals surface area contributed by atoms with Crippen molar-refractivity contribution in [3.63, 3.8) is 0 Å². The fraction of sp³-hybridized carbons (Fsp3) is 0.941. The fourth-order valence-corrected chi connectivity index (χ4v) is 3.59. The number of carbonyl (C=O) groups is 1. The Morgan fingerprint density at radius 1 is 1.19 bits per heavy atom. The van der Waals surface area contributed by atoms with E-state index < -0.39 is 11.2 Å². The van der Waals surface area contributed by atoms with Crippen molar-refractivity contribution in [3.05, 3.63) is 0 Å². The van der Waals surface area contributed by atoms with Crippen LogP contribution in [0, 0.1) is 11.3 Å². The molecule has 2 fully saturated rings. The predicted octanol–water partition coefficient (Wildman–Crippen LogP) is 3.57. The van der Waals surface area contributed by atoms with E-state index in [9.17, 15) is 9.90 Å². The van der Waals surface area contributed by atoms with Gasteiger partial charge in [-0.1, -0.05) is 6.92 Å². The summed E-state index contributed by atoms with van der Waals surface area (Å²) in [5.41, 5.74) is -0.676. The zero-order valence-corrected chi connectivity index (χ0v) is 14.2. The lowest BCUT2D eigenvalue weighted by molar-refractivity contribution is -0.0319. The van der Waals surface area contributed by atoms with E-state index in [0.29, 0.717) is 5.92 Å². The molecule has 0 unspecified atom stereocenters. The van der Waals surface area contributed by atoms with Gasteiger partial charge in [-0.3, -0.25) is 0 Å². The summed E-state index contributed by atoms with van der Waals surface area (Å²) in [7, 11) is 0. The second-order valence-corrected chi connectivity index (χ2v) is 8.56. The van der Waals surface area contributed by atoms with Gasteiger partial charge in [0.1, 0.15) is 5.60 Å². The quantitative estimate of drug-likeness (QED) is 0.805. The third-order valence-corrected chi connectivity index (χ3v) is 5.29. The van der Waals surface area contributed by atoms with Crippen molar-refractivity contribution in [2.75, 3.05) is 13.1 Å². The lowest BCUT2D eigenvalue weighted by Gasteiger charge is -2.44. The molecule has 4 heteroatoms. The molecule has 1 N–H and O–H groups in total. The molecule has 0 radical (unpaired) electrons. The zero-order chi connectivity index (χ0) is 15.9. The van der Waals surface area contributed by atoms with E-state index in [1.165, 1.54) is 0 Å². The number of carbonyl (C=O) groups excluding carboxylic acids is 1. The molecule has 1 aliphatic carbocycles. The molecule has 0 aromatic rings. The minimum atomic E-state index is -0.497. The topological polar surface area (TPSA) is 49.8 Å². The molecular weight excluding hydrogens is 266 g/mol. The average Bonchev–Trinajstić information content (AvgIpc) is 2.81. The molecule has 1 amide bonds. The highest BCUT2D eigenvalue weighted by molar-refractivity contribution is 5.68. The SMILES string of the molecule is CC1(O)CCC(C)([C@@H]2CCN(C(=O)OC(C)(C)C)C2)CC1. The Morgan fingerprint density at radius 3 is 2.29 bits per heavy atom. The predicted molar refractivity (Wildman–Crippen MR) is 83.1 cm³/mol. The van der Waals surface area contributed by atoms with E-state index in [1.807, 2.05) is 32.6 Å². The number of rotatable bonds is 1. The molecule has 1 atom stereocenters. The van der Waals surface area contributed by atoms with Crippen molar-refractivity contribution >= 4 is 6.09 Å². The van der Waals surface area contributed by atoms with E-state index in [2.05, 4.69) is 6.92 Å². The monoisotopic (exact) mass is 297 g/mol. The molecule has 1 heterocycles. The summed E-state index contributed by atoms with van der Waals surface area (Å²) >= 11 is 0. The van der Waals surface area contributed by atoms with E-state index in [4.69, 9.17) is 4.74 Å². The van der Waals surface area contributed by atoms with Crippen molar-refractivity contribution in [1.82, 2.24) is 4.90 Å². The highest BCUT2D eigenvalue weighted by Gasteiger charge is 2.44. The van der Waals surface area contributed by atoms with Gasteiger partial charge in [0.05, 0.1) is 5.60 Å². The standard InChI is InChI=1S/C17H31NO3/c1-15(2,3)21-14(19)18-11-6-13(12-18)16(4)7-9-17(5,20)10-8-16/h13,20H,6-12H2,1-5H3/t13-,16?,17?/m1/s1. The van der Waals surface area contributed by atoms with Gasteiger partial charge in [-0.15, -0.1) is 0 Å². The van der Waals surface area contributed by atoms with Gasteiger partial charge >= 0.3 is 6.09 Å². The Morgan fingerprint density at radius 2 is 1.76 bits per heavy atom. The van der Waals surface area contributed by atoms with Crippen LogP contribution in [0.25, 0.3) is 0 Å². The highest BCUT2D eigenvalue weighted by atomic mass is 16.6. The Balaban J connectivity index is 1.92. The third-order valence-electron chi connectivity index (χ3n) is 5.29. The molecule has 0 aromatic carbocycles. The van der Waals surface area contributed by atoms with Crippen LogP contribution in [0.1, 0.15) is 66.7 Å². The van der Waals surface area contributed by atoms with Gasteiger partial charge in [-0.25, -0.2) is 4.79 Å². The number of aliphatic hydroxyl groups is 1. The molecule has 0 aromatic heterocycles. The summed E-state index contributed by atoms with van der Waals surface area (Å²) in [6.45, 7) is 11.6. The summed E-state index contributed by atoms with van der Waals surface area (Å²) in [5.74, 6) is 0.529. The second-order valence-electron chi connectivity index (χ2n) is 8.56. The molecule has 2 aliphatic rings. The van der Waals surface area contributed by atoms with Crippen LogP contribution in [-0.2, 0) is 4.74 Å². The van der Waals surface area contributed by atoms with E-state index in [0.717, 1.165) is 45.2 Å². The Hall–Kier alpha value is -0.770. The number of likely N-dealkylation sites (tertiary alicyclic amines) is 1. The molecule has 1 saturated carbocycles. The first-order chi connectivity index (χ1) is 9.51. The number of hydrogen-bond acceptors (Lipinski definition) is 3. The maximum atomic E-state index is 12.2. The van der Waals surface area contributed by atoms with Crippen molar-refractivity contribution in [3.8, 4) is 0 Å². The smallest absolute Gasteiger partial charge is 0.410 e. The Labute approximate surface area is 128 Å². The zero-order valence-electron chi connectivity index (χ0n) is 14.2. The van der Waals surface area contributed by atoms with Crippen LogP contribution < -0.4 is 0 Å². The first-order valence-electron chi connectivity index (χ1n) is 8.21. The lowest BCUT2D eigenvalue weighted by atomic mass is 9.63. The summed E-state index contributed by atoms with van der Waals surface area (Å²) in [6, 6.07) is 0. The average molecular weight is 297 g/mol. The molecule has 1 aliphatic heterocycles. The summed E-state index contributed by atoms with van der Waals surface area (Å²) < 4.78 is 5.47. The molecule has 4 nitrogen and oxygen atoms in total. The molecule has 1 saturated heterocycles. The summed E-state index contributed by atoms with van der Waals surface area (Å²) in [5, 5.41) is 10.1. The minimum absolute atomic E-state index is 0.184. The van der Waals surface area contributed by atoms with Crippen LogP contribution >= 0.6 is 0 Å². The van der Waals surface area contributed by atoms with E-state index >= 15 is 0 Å². The maximum Gasteiger partial charge on any atom is 0.410 e. The van der Waals surface area contributed by atoms with Crippen molar-refractivity contribution in [2.45, 2.75) is 77.9 Å². The summed E-state index contributed by atoms with van der Waals surface area (Å²) in [4.78, 5) is 14.0. The van der Waals surface area contributed by atoms with Gasteiger partial charge in [-0.05, 0) is 71.1 Å². The van der Waals surface area contributed by atoms with E-state index in [1.54, 1.807) is 0 Å². The molecule has 0 spiro atoms. The largest absolute Gasteiger partial charge is 0.444 e.